The van der Waals surface area contributed by atoms with Gasteiger partial charge in [0.2, 0.25) is 0 Å². The zero-order chi connectivity index (χ0) is 23.6. The normalized spacial score (nSPS) is 11.2. The summed E-state index contributed by atoms with van der Waals surface area (Å²) in [5.74, 6) is -0.654. The number of carbonyl (C=O) groups is 3. The van der Waals surface area contributed by atoms with E-state index in [1.807, 2.05) is 36.4 Å². The van der Waals surface area contributed by atoms with E-state index in [1.165, 1.54) is 20.1 Å². The third kappa shape index (κ3) is 6.51. The predicted octanol–water partition coefficient (Wildman–Crippen LogP) is 4.86. The minimum absolute atomic E-state index is 0.0498. The van der Waals surface area contributed by atoms with E-state index in [4.69, 9.17) is 4.74 Å². The van der Waals surface area contributed by atoms with Crippen molar-refractivity contribution in [1.82, 2.24) is 5.32 Å². The average molecular weight is 440 g/mol. The Labute approximate surface area is 192 Å². The summed E-state index contributed by atoms with van der Waals surface area (Å²) in [5.41, 5.74) is 2.34. The van der Waals surface area contributed by atoms with E-state index in [0.717, 1.165) is 5.56 Å². The van der Waals surface area contributed by atoms with Crippen molar-refractivity contribution in [2.45, 2.75) is 6.92 Å². The lowest BCUT2D eigenvalue weighted by Gasteiger charge is -2.12. The zero-order valence-corrected chi connectivity index (χ0v) is 18.4. The fourth-order valence-corrected chi connectivity index (χ4v) is 3.00. The van der Waals surface area contributed by atoms with Gasteiger partial charge in [0.15, 0.2) is 5.78 Å². The van der Waals surface area contributed by atoms with Gasteiger partial charge >= 0.3 is 0 Å². The van der Waals surface area contributed by atoms with Crippen molar-refractivity contribution in [3.8, 4) is 5.75 Å². The number of nitrogens with one attached hydrogen (secondary N) is 2. The summed E-state index contributed by atoms with van der Waals surface area (Å²) in [6.07, 6.45) is 5.04. The highest BCUT2D eigenvalue weighted by atomic mass is 16.5. The molecule has 2 N–H and O–H groups in total. The molecule has 6 nitrogen and oxygen atoms in total. The Morgan fingerprint density at radius 2 is 1.52 bits per heavy atom. The van der Waals surface area contributed by atoms with Crippen molar-refractivity contribution >= 4 is 29.4 Å². The molecule has 3 rings (SSSR count). The van der Waals surface area contributed by atoms with Gasteiger partial charge in [-0.25, -0.2) is 0 Å². The molecule has 0 aromatic heterocycles. The Bertz CT molecular complexity index is 1200. The lowest BCUT2D eigenvalue weighted by Crippen LogP contribution is -2.31. The molecular formula is C27H24N2O4. The molecule has 0 unspecified atom stereocenters. The number of rotatable bonds is 8. The van der Waals surface area contributed by atoms with Crippen LogP contribution in [0.15, 0.2) is 96.7 Å². The van der Waals surface area contributed by atoms with Crippen molar-refractivity contribution in [3.05, 3.63) is 113 Å². The van der Waals surface area contributed by atoms with Crippen molar-refractivity contribution < 1.29 is 19.1 Å². The summed E-state index contributed by atoms with van der Waals surface area (Å²) in [7, 11) is 1.48. The molecule has 166 valence electrons. The summed E-state index contributed by atoms with van der Waals surface area (Å²) in [6, 6.07) is 22.9. The molecule has 0 fully saturated rings. The van der Waals surface area contributed by atoms with Crippen molar-refractivity contribution in [2.24, 2.45) is 0 Å². The molecule has 0 atom stereocenters. The average Bonchev–Trinajstić information content (AvgIpc) is 2.84. The Balaban J connectivity index is 1.84. The first-order valence-electron chi connectivity index (χ1n) is 10.3. The van der Waals surface area contributed by atoms with Crippen LogP contribution in [0.4, 0.5) is 5.69 Å². The molecule has 0 aliphatic heterocycles. The SMILES string of the molecule is COc1ccccc1C(=O)N/C(=C/C=C/c1ccccc1)C(=O)Nc1ccc(C(C)=O)cc1. The largest absolute Gasteiger partial charge is 0.496 e. The molecule has 0 aliphatic rings. The van der Waals surface area contributed by atoms with Crippen LogP contribution in [0.25, 0.3) is 6.08 Å². The number of hydrogen-bond acceptors (Lipinski definition) is 4. The number of Topliss-reactive ketones (excluding diaryl/α,β-unsaturated/α-hetero) is 1. The second-order valence-corrected chi connectivity index (χ2v) is 7.09. The molecule has 0 heterocycles. The van der Waals surface area contributed by atoms with E-state index in [9.17, 15) is 14.4 Å². The Hall–Kier alpha value is -4.45. The standard InChI is InChI=1S/C27H24N2O4/c1-19(30)21-15-17-22(18-16-21)28-27(32)24(13-8-11-20-9-4-3-5-10-20)29-26(31)23-12-6-7-14-25(23)33-2/h3-18H,1-2H3,(H,28,32)(H,29,31)/b11-8+,24-13+. The lowest BCUT2D eigenvalue weighted by molar-refractivity contribution is -0.113. The number of allylic oxidation sites excluding steroid dienone is 2. The van der Waals surface area contributed by atoms with Gasteiger partial charge in [-0.2, -0.15) is 0 Å². The number of hydrogen-bond donors (Lipinski definition) is 2. The maximum absolute atomic E-state index is 13.0. The van der Waals surface area contributed by atoms with E-state index in [0.29, 0.717) is 22.6 Å². The maximum atomic E-state index is 13.0. The second kappa shape index (κ2) is 11.2. The van der Waals surface area contributed by atoms with Crippen molar-refractivity contribution in [3.63, 3.8) is 0 Å². The molecule has 3 aromatic carbocycles. The van der Waals surface area contributed by atoms with Gasteiger partial charge in [-0.1, -0.05) is 54.6 Å². The fraction of sp³-hybridized carbons (Fsp3) is 0.0741. The van der Waals surface area contributed by atoms with Gasteiger partial charge in [-0.3, -0.25) is 14.4 Å². The summed E-state index contributed by atoms with van der Waals surface area (Å²) in [6.45, 7) is 1.47. The van der Waals surface area contributed by atoms with Gasteiger partial charge in [-0.05, 0) is 55.0 Å². The summed E-state index contributed by atoms with van der Waals surface area (Å²) >= 11 is 0. The molecule has 33 heavy (non-hydrogen) atoms. The van der Waals surface area contributed by atoms with Gasteiger partial charge in [0.1, 0.15) is 11.4 Å². The predicted molar refractivity (Wildman–Crippen MR) is 129 cm³/mol. The smallest absolute Gasteiger partial charge is 0.272 e. The van der Waals surface area contributed by atoms with Crippen LogP contribution in [0.1, 0.15) is 33.2 Å². The lowest BCUT2D eigenvalue weighted by atomic mass is 10.1. The van der Waals surface area contributed by atoms with E-state index in [2.05, 4.69) is 10.6 Å². The highest BCUT2D eigenvalue weighted by Gasteiger charge is 2.17. The first-order valence-corrected chi connectivity index (χ1v) is 10.3. The van der Waals surface area contributed by atoms with Crippen LogP contribution >= 0.6 is 0 Å². The number of ketones is 1. The van der Waals surface area contributed by atoms with E-state index in [-0.39, 0.29) is 11.5 Å². The minimum atomic E-state index is -0.508. The number of benzene rings is 3. The molecular weight excluding hydrogens is 416 g/mol. The van der Waals surface area contributed by atoms with Crippen LogP contribution in [0.2, 0.25) is 0 Å². The number of amides is 2. The van der Waals surface area contributed by atoms with Gasteiger partial charge in [0.25, 0.3) is 11.8 Å². The number of ether oxygens (including phenoxy) is 1. The minimum Gasteiger partial charge on any atom is -0.496 e. The van der Waals surface area contributed by atoms with Gasteiger partial charge in [0.05, 0.1) is 12.7 Å². The van der Waals surface area contributed by atoms with Crippen LogP contribution < -0.4 is 15.4 Å². The molecule has 0 radical (unpaired) electrons. The fourth-order valence-electron chi connectivity index (χ4n) is 3.00. The zero-order valence-electron chi connectivity index (χ0n) is 18.4. The molecule has 2 amide bonds. The molecule has 3 aromatic rings. The number of para-hydroxylation sites is 1. The second-order valence-electron chi connectivity index (χ2n) is 7.09. The number of carbonyl (C=O) groups excluding carboxylic acids is 3. The molecule has 6 heteroatoms. The van der Waals surface area contributed by atoms with E-state index < -0.39 is 11.8 Å². The van der Waals surface area contributed by atoms with Crippen molar-refractivity contribution in [2.75, 3.05) is 12.4 Å². The van der Waals surface area contributed by atoms with Crippen molar-refractivity contribution in [1.29, 1.82) is 0 Å². The quantitative estimate of drug-likeness (QED) is 0.298. The van der Waals surface area contributed by atoms with Gasteiger partial charge < -0.3 is 15.4 Å². The summed E-state index contributed by atoms with van der Waals surface area (Å²) < 4.78 is 5.25. The Morgan fingerprint density at radius 1 is 0.848 bits per heavy atom. The van der Waals surface area contributed by atoms with Gasteiger partial charge in [0, 0.05) is 11.3 Å². The third-order valence-corrected chi connectivity index (χ3v) is 4.74. The van der Waals surface area contributed by atoms with Gasteiger partial charge in [-0.15, -0.1) is 0 Å². The highest BCUT2D eigenvalue weighted by Crippen LogP contribution is 2.18. The number of methoxy groups -OCH3 is 1. The molecule has 0 spiro atoms. The first-order chi connectivity index (χ1) is 16.0. The Kier molecular flexibility index (Phi) is 7.91. The van der Waals surface area contributed by atoms with Crippen LogP contribution in [-0.2, 0) is 4.79 Å². The summed E-state index contributed by atoms with van der Waals surface area (Å²) in [5, 5.41) is 5.41. The summed E-state index contributed by atoms with van der Waals surface area (Å²) in [4.78, 5) is 37.3. The maximum Gasteiger partial charge on any atom is 0.272 e. The molecule has 0 bridgehead atoms. The highest BCUT2D eigenvalue weighted by molar-refractivity contribution is 6.09. The molecule has 0 saturated carbocycles. The van der Waals surface area contributed by atoms with E-state index in [1.54, 1.807) is 54.6 Å². The van der Waals surface area contributed by atoms with Crippen LogP contribution in [0.5, 0.6) is 5.75 Å². The topological polar surface area (TPSA) is 84.5 Å². The van der Waals surface area contributed by atoms with Crippen LogP contribution in [0.3, 0.4) is 0 Å². The van der Waals surface area contributed by atoms with Crippen LogP contribution in [-0.4, -0.2) is 24.7 Å². The monoisotopic (exact) mass is 440 g/mol. The van der Waals surface area contributed by atoms with E-state index >= 15 is 0 Å². The third-order valence-electron chi connectivity index (χ3n) is 4.74. The van der Waals surface area contributed by atoms with Crippen LogP contribution in [0, 0.1) is 0 Å². The Morgan fingerprint density at radius 3 is 2.18 bits per heavy atom. The first kappa shape index (κ1) is 23.2. The number of anilines is 1. The molecule has 0 saturated heterocycles. The molecule has 0 aliphatic carbocycles.